The lowest BCUT2D eigenvalue weighted by atomic mass is 10.1. The number of carbonyl (C=O) groups is 2. The van der Waals surface area contributed by atoms with Gasteiger partial charge in [0.25, 0.3) is 5.91 Å². The minimum Gasteiger partial charge on any atom is -0.352 e. The van der Waals surface area contributed by atoms with Gasteiger partial charge in [-0.05, 0) is 30.5 Å². The molecule has 1 aromatic heterocycles. The van der Waals surface area contributed by atoms with E-state index in [4.69, 9.17) is 0 Å². The molecule has 6 heteroatoms. The Balaban J connectivity index is 1.85. The zero-order chi connectivity index (χ0) is 17.4. The van der Waals surface area contributed by atoms with Gasteiger partial charge in [-0.1, -0.05) is 19.9 Å². The van der Waals surface area contributed by atoms with Crippen LogP contribution in [0.25, 0.3) is 0 Å². The molecule has 2 rings (SSSR count). The Morgan fingerprint density at radius 1 is 1.29 bits per heavy atom. The van der Waals surface area contributed by atoms with Crippen molar-refractivity contribution in [2.75, 3.05) is 11.9 Å². The van der Waals surface area contributed by atoms with E-state index in [1.165, 1.54) is 0 Å². The van der Waals surface area contributed by atoms with Crippen molar-refractivity contribution >= 4 is 17.5 Å². The number of rotatable bonds is 8. The molecule has 24 heavy (non-hydrogen) atoms. The summed E-state index contributed by atoms with van der Waals surface area (Å²) in [6, 6.07) is 6.98. The van der Waals surface area contributed by atoms with E-state index in [9.17, 15) is 9.59 Å². The molecule has 2 N–H and O–H groups in total. The molecule has 1 heterocycles. The van der Waals surface area contributed by atoms with Gasteiger partial charge in [0.05, 0.1) is 6.33 Å². The normalized spacial score (nSPS) is 10.6. The average molecular weight is 328 g/mol. The first kappa shape index (κ1) is 17.7. The van der Waals surface area contributed by atoms with Crippen LogP contribution in [0, 0.1) is 5.92 Å². The monoisotopic (exact) mass is 328 g/mol. The molecule has 0 bridgehead atoms. The number of hydrogen-bond donors (Lipinski definition) is 2. The minimum absolute atomic E-state index is 0.0962. The largest absolute Gasteiger partial charge is 0.352 e. The Morgan fingerprint density at radius 3 is 2.83 bits per heavy atom. The van der Waals surface area contributed by atoms with Crippen LogP contribution in [0.5, 0.6) is 0 Å². The molecule has 0 unspecified atom stereocenters. The summed E-state index contributed by atoms with van der Waals surface area (Å²) in [7, 11) is 0. The molecule has 0 aliphatic rings. The minimum atomic E-state index is -0.120. The van der Waals surface area contributed by atoms with Crippen molar-refractivity contribution < 1.29 is 9.59 Å². The molecule has 0 saturated carbocycles. The van der Waals surface area contributed by atoms with Crippen LogP contribution in [0.2, 0.25) is 0 Å². The zero-order valence-corrected chi connectivity index (χ0v) is 14.2. The van der Waals surface area contributed by atoms with Gasteiger partial charge in [-0.2, -0.15) is 0 Å². The molecule has 2 amide bonds. The summed E-state index contributed by atoms with van der Waals surface area (Å²) in [5, 5.41) is 5.71. The van der Waals surface area contributed by atoms with E-state index >= 15 is 0 Å². The number of carbonyl (C=O) groups excluding carboxylic acids is 2. The second kappa shape index (κ2) is 8.86. The van der Waals surface area contributed by atoms with Crippen molar-refractivity contribution in [2.24, 2.45) is 5.92 Å². The van der Waals surface area contributed by atoms with Crippen molar-refractivity contribution in [1.82, 2.24) is 14.9 Å². The predicted molar refractivity (Wildman–Crippen MR) is 93.7 cm³/mol. The third-order valence-corrected chi connectivity index (χ3v) is 3.57. The lowest BCUT2D eigenvalue weighted by Crippen LogP contribution is -2.25. The lowest BCUT2D eigenvalue weighted by Gasteiger charge is -2.09. The number of hydrogen-bond acceptors (Lipinski definition) is 3. The second-order valence-electron chi connectivity index (χ2n) is 6.12. The predicted octanol–water partition coefficient (Wildman–Crippen LogP) is 2.69. The van der Waals surface area contributed by atoms with Gasteiger partial charge in [0.1, 0.15) is 0 Å². The molecule has 0 radical (unpaired) electrons. The Morgan fingerprint density at radius 2 is 2.12 bits per heavy atom. The number of nitrogens with zero attached hydrogens (tertiary/aromatic N) is 2. The summed E-state index contributed by atoms with van der Waals surface area (Å²) < 4.78 is 1.85. The maximum atomic E-state index is 12.1. The number of benzene rings is 1. The number of amides is 2. The van der Waals surface area contributed by atoms with Gasteiger partial charge < -0.3 is 15.2 Å². The van der Waals surface area contributed by atoms with E-state index in [2.05, 4.69) is 29.5 Å². The maximum Gasteiger partial charge on any atom is 0.251 e. The van der Waals surface area contributed by atoms with E-state index in [-0.39, 0.29) is 11.8 Å². The molecule has 0 saturated heterocycles. The second-order valence-corrected chi connectivity index (χ2v) is 6.12. The van der Waals surface area contributed by atoms with Gasteiger partial charge in [-0.3, -0.25) is 9.59 Å². The molecule has 0 fully saturated rings. The van der Waals surface area contributed by atoms with Crippen LogP contribution in [0.3, 0.4) is 0 Å². The average Bonchev–Trinajstić information content (AvgIpc) is 3.06. The van der Waals surface area contributed by atoms with E-state index in [1.54, 1.807) is 36.8 Å². The quantitative estimate of drug-likeness (QED) is 0.782. The molecular formula is C18H24N4O2. The fourth-order valence-electron chi connectivity index (χ4n) is 2.19. The van der Waals surface area contributed by atoms with Crippen LogP contribution in [-0.2, 0) is 11.3 Å². The number of aromatic nitrogens is 2. The molecule has 6 nitrogen and oxygen atoms in total. The van der Waals surface area contributed by atoms with E-state index in [1.807, 2.05) is 10.8 Å². The van der Waals surface area contributed by atoms with Gasteiger partial charge in [-0.15, -0.1) is 0 Å². The Labute approximate surface area is 142 Å². The summed E-state index contributed by atoms with van der Waals surface area (Å²) in [6.45, 7) is 5.46. The highest BCUT2D eigenvalue weighted by Crippen LogP contribution is 2.11. The summed E-state index contributed by atoms with van der Waals surface area (Å²) in [6.07, 6.45) is 6.46. The van der Waals surface area contributed by atoms with Crippen LogP contribution in [-0.4, -0.2) is 27.9 Å². The Bertz CT molecular complexity index is 665. The number of nitrogens with one attached hydrogen (secondary N) is 2. The lowest BCUT2D eigenvalue weighted by molar-refractivity contribution is -0.116. The van der Waals surface area contributed by atoms with Gasteiger partial charge in [0.15, 0.2) is 0 Å². The fourth-order valence-corrected chi connectivity index (χ4v) is 2.19. The van der Waals surface area contributed by atoms with E-state index < -0.39 is 0 Å². The molecule has 0 atom stereocenters. The SMILES string of the molecule is CC(C)CCNC(=O)c1cccc(NC(=O)CCn2ccnc2)c1. The smallest absolute Gasteiger partial charge is 0.251 e. The van der Waals surface area contributed by atoms with Gasteiger partial charge >= 0.3 is 0 Å². The number of imidazole rings is 1. The highest BCUT2D eigenvalue weighted by atomic mass is 16.2. The van der Waals surface area contributed by atoms with Crippen LogP contribution in [0.4, 0.5) is 5.69 Å². The molecule has 2 aromatic rings. The molecule has 0 aliphatic carbocycles. The Kier molecular flexibility index (Phi) is 6.54. The van der Waals surface area contributed by atoms with Crippen molar-refractivity contribution in [3.63, 3.8) is 0 Å². The van der Waals surface area contributed by atoms with Gasteiger partial charge in [-0.25, -0.2) is 4.98 Å². The van der Waals surface area contributed by atoms with Crippen molar-refractivity contribution in [2.45, 2.75) is 33.2 Å². The summed E-state index contributed by atoms with van der Waals surface area (Å²) in [5.41, 5.74) is 1.17. The molecular weight excluding hydrogens is 304 g/mol. The van der Waals surface area contributed by atoms with Crippen LogP contribution >= 0.6 is 0 Å². The third-order valence-electron chi connectivity index (χ3n) is 3.57. The first-order valence-electron chi connectivity index (χ1n) is 8.18. The van der Waals surface area contributed by atoms with Gasteiger partial charge in [0.2, 0.25) is 5.91 Å². The van der Waals surface area contributed by atoms with Crippen LogP contribution in [0.15, 0.2) is 43.0 Å². The maximum absolute atomic E-state index is 12.1. The first-order chi connectivity index (χ1) is 11.5. The van der Waals surface area contributed by atoms with E-state index in [0.29, 0.717) is 36.7 Å². The number of aryl methyl sites for hydroxylation is 1. The fraction of sp³-hybridized carbons (Fsp3) is 0.389. The topological polar surface area (TPSA) is 76.0 Å². The van der Waals surface area contributed by atoms with Crippen LogP contribution < -0.4 is 10.6 Å². The third kappa shape index (κ3) is 5.87. The summed E-state index contributed by atoms with van der Waals surface area (Å²) in [4.78, 5) is 28.0. The Hall–Kier alpha value is -2.63. The summed E-state index contributed by atoms with van der Waals surface area (Å²) in [5.74, 6) is 0.331. The molecule has 128 valence electrons. The van der Waals surface area contributed by atoms with Crippen molar-refractivity contribution in [3.05, 3.63) is 48.5 Å². The highest BCUT2D eigenvalue weighted by Gasteiger charge is 2.08. The van der Waals surface area contributed by atoms with Crippen molar-refractivity contribution in [1.29, 1.82) is 0 Å². The standard InChI is InChI=1S/C18H24N4O2/c1-14(2)6-8-20-18(24)15-4-3-5-16(12-15)21-17(23)7-10-22-11-9-19-13-22/h3-5,9,11-14H,6-8,10H2,1-2H3,(H,20,24)(H,21,23). The molecule has 0 aliphatic heterocycles. The van der Waals surface area contributed by atoms with Crippen LogP contribution in [0.1, 0.15) is 37.0 Å². The first-order valence-corrected chi connectivity index (χ1v) is 8.18. The molecule has 0 spiro atoms. The molecule has 1 aromatic carbocycles. The highest BCUT2D eigenvalue weighted by molar-refractivity contribution is 5.97. The number of anilines is 1. The zero-order valence-electron chi connectivity index (χ0n) is 14.2. The van der Waals surface area contributed by atoms with E-state index in [0.717, 1.165) is 6.42 Å². The summed E-state index contributed by atoms with van der Waals surface area (Å²) >= 11 is 0. The van der Waals surface area contributed by atoms with Crippen molar-refractivity contribution in [3.8, 4) is 0 Å². The van der Waals surface area contributed by atoms with Gasteiger partial charge in [0, 0.05) is 43.2 Å².